The van der Waals surface area contributed by atoms with E-state index in [1.807, 2.05) is 25.1 Å². The largest absolute Gasteiger partial charge is 0.323 e. The number of hydrogen-bond donors (Lipinski definition) is 1. The number of nitrogens with one attached hydrogen (secondary N) is 1. The standard InChI is InChI=1S/C15H12Cl2N6OS/c1-9-4-5-12(10(16)7-9)23-15(20-21-22-23)25-8-13(24)19-11-3-2-6-18-14(11)17/h2-7H,8H2,1H3,(H,19,24). The number of rotatable bonds is 5. The Hall–Kier alpha value is -2.16. The number of carbonyl (C=O) groups is 1. The van der Waals surface area contributed by atoms with Crippen molar-refractivity contribution in [2.75, 3.05) is 11.1 Å². The molecule has 0 unspecified atom stereocenters. The molecule has 0 spiro atoms. The maximum Gasteiger partial charge on any atom is 0.234 e. The Kier molecular flexibility index (Phi) is 5.52. The molecule has 0 aliphatic rings. The Bertz CT molecular complexity index is 917. The molecule has 2 heterocycles. The van der Waals surface area contributed by atoms with E-state index < -0.39 is 0 Å². The number of anilines is 1. The Morgan fingerprint density at radius 1 is 1.32 bits per heavy atom. The van der Waals surface area contributed by atoms with Crippen molar-refractivity contribution >= 4 is 46.6 Å². The SMILES string of the molecule is Cc1ccc(-n2nnnc2SCC(=O)Nc2cccnc2Cl)c(Cl)c1. The van der Waals surface area contributed by atoms with Crippen molar-refractivity contribution in [2.45, 2.75) is 12.1 Å². The molecule has 1 aromatic carbocycles. The average molecular weight is 395 g/mol. The van der Waals surface area contributed by atoms with Crippen LogP contribution in [0.25, 0.3) is 5.69 Å². The topological polar surface area (TPSA) is 85.6 Å². The Balaban J connectivity index is 1.69. The van der Waals surface area contributed by atoms with Crippen LogP contribution in [-0.2, 0) is 4.79 Å². The van der Waals surface area contributed by atoms with Crippen LogP contribution >= 0.6 is 35.0 Å². The Morgan fingerprint density at radius 3 is 2.92 bits per heavy atom. The van der Waals surface area contributed by atoms with E-state index in [1.165, 1.54) is 16.4 Å². The van der Waals surface area contributed by atoms with Gasteiger partial charge in [0, 0.05) is 6.20 Å². The summed E-state index contributed by atoms with van der Waals surface area (Å²) in [5, 5.41) is 15.5. The summed E-state index contributed by atoms with van der Waals surface area (Å²) in [5.41, 5.74) is 2.13. The van der Waals surface area contributed by atoms with Crippen LogP contribution in [0.3, 0.4) is 0 Å². The lowest BCUT2D eigenvalue weighted by Crippen LogP contribution is -2.15. The second kappa shape index (κ2) is 7.81. The molecule has 0 fully saturated rings. The molecule has 0 aliphatic heterocycles. The second-order valence-corrected chi connectivity index (χ2v) is 6.71. The first kappa shape index (κ1) is 17.7. The van der Waals surface area contributed by atoms with Crippen molar-refractivity contribution in [1.82, 2.24) is 25.2 Å². The summed E-state index contributed by atoms with van der Waals surface area (Å²) in [6.07, 6.45) is 1.55. The highest BCUT2D eigenvalue weighted by Crippen LogP contribution is 2.25. The van der Waals surface area contributed by atoms with Crippen LogP contribution in [0, 0.1) is 6.92 Å². The highest BCUT2D eigenvalue weighted by Gasteiger charge is 2.14. The molecule has 3 rings (SSSR count). The van der Waals surface area contributed by atoms with Crippen LogP contribution in [0.15, 0.2) is 41.7 Å². The van der Waals surface area contributed by atoms with Gasteiger partial charge in [-0.2, -0.15) is 4.68 Å². The fourth-order valence-corrected chi connectivity index (χ4v) is 3.16. The zero-order chi connectivity index (χ0) is 17.8. The van der Waals surface area contributed by atoms with Crippen LogP contribution in [0.4, 0.5) is 5.69 Å². The van der Waals surface area contributed by atoms with Gasteiger partial charge in [0.05, 0.1) is 22.2 Å². The summed E-state index contributed by atoms with van der Waals surface area (Å²) < 4.78 is 1.50. The first-order valence-electron chi connectivity index (χ1n) is 7.12. The van der Waals surface area contributed by atoms with Gasteiger partial charge in [-0.05, 0) is 47.2 Å². The van der Waals surface area contributed by atoms with E-state index >= 15 is 0 Å². The minimum Gasteiger partial charge on any atom is -0.323 e. The lowest BCUT2D eigenvalue weighted by atomic mass is 10.2. The second-order valence-electron chi connectivity index (χ2n) is 5.01. The smallest absolute Gasteiger partial charge is 0.234 e. The maximum absolute atomic E-state index is 12.1. The molecule has 0 saturated heterocycles. The van der Waals surface area contributed by atoms with E-state index in [0.717, 1.165) is 5.56 Å². The quantitative estimate of drug-likeness (QED) is 0.527. The molecular formula is C15H12Cl2N6OS. The summed E-state index contributed by atoms with van der Waals surface area (Å²) in [4.78, 5) is 16.0. The van der Waals surface area contributed by atoms with Gasteiger partial charge in [-0.1, -0.05) is 41.0 Å². The van der Waals surface area contributed by atoms with E-state index in [-0.39, 0.29) is 16.8 Å². The molecule has 0 aliphatic carbocycles. The molecule has 0 saturated carbocycles. The van der Waals surface area contributed by atoms with Crippen LogP contribution in [0.5, 0.6) is 0 Å². The first-order valence-corrected chi connectivity index (χ1v) is 8.87. The number of nitrogens with zero attached hydrogens (tertiary/aromatic N) is 5. The number of aryl methyl sites for hydroxylation is 1. The van der Waals surface area contributed by atoms with Gasteiger partial charge in [0.15, 0.2) is 5.15 Å². The first-order chi connectivity index (χ1) is 12.0. The number of hydrogen-bond acceptors (Lipinski definition) is 6. The number of halogens is 2. The van der Waals surface area contributed by atoms with Crippen LogP contribution in [0.2, 0.25) is 10.2 Å². The molecule has 25 heavy (non-hydrogen) atoms. The molecule has 2 aromatic heterocycles. The third-order valence-corrected chi connectivity index (χ3v) is 4.66. The summed E-state index contributed by atoms with van der Waals surface area (Å²) >= 11 is 13.4. The average Bonchev–Trinajstić information content (AvgIpc) is 3.03. The fourth-order valence-electron chi connectivity index (χ4n) is 2.00. The number of tetrazole rings is 1. The van der Waals surface area contributed by atoms with E-state index in [0.29, 0.717) is 21.6 Å². The Morgan fingerprint density at radius 2 is 2.16 bits per heavy atom. The highest BCUT2D eigenvalue weighted by atomic mass is 35.5. The van der Waals surface area contributed by atoms with Gasteiger partial charge in [-0.3, -0.25) is 4.79 Å². The van der Waals surface area contributed by atoms with Crippen molar-refractivity contribution in [2.24, 2.45) is 0 Å². The van der Waals surface area contributed by atoms with Crippen molar-refractivity contribution in [3.05, 3.63) is 52.3 Å². The number of amides is 1. The molecule has 1 N–H and O–H groups in total. The van der Waals surface area contributed by atoms with Gasteiger partial charge in [-0.25, -0.2) is 4.98 Å². The number of pyridine rings is 1. The summed E-state index contributed by atoms with van der Waals surface area (Å²) in [7, 11) is 0. The summed E-state index contributed by atoms with van der Waals surface area (Å²) in [6.45, 7) is 1.94. The minimum atomic E-state index is -0.246. The van der Waals surface area contributed by atoms with Crippen molar-refractivity contribution in [3.63, 3.8) is 0 Å². The normalized spacial score (nSPS) is 10.7. The molecule has 7 nitrogen and oxygen atoms in total. The Labute approximate surface area is 157 Å². The summed E-state index contributed by atoms with van der Waals surface area (Å²) in [6, 6.07) is 8.93. The number of carbonyl (C=O) groups excluding carboxylic acids is 1. The zero-order valence-electron chi connectivity index (χ0n) is 13.0. The monoisotopic (exact) mass is 394 g/mol. The third kappa shape index (κ3) is 4.28. The van der Waals surface area contributed by atoms with Gasteiger partial charge >= 0.3 is 0 Å². The zero-order valence-corrected chi connectivity index (χ0v) is 15.3. The van der Waals surface area contributed by atoms with Gasteiger partial charge in [-0.15, -0.1) is 5.10 Å². The van der Waals surface area contributed by atoms with Gasteiger partial charge in [0.2, 0.25) is 11.1 Å². The molecule has 0 atom stereocenters. The predicted molar refractivity (Wildman–Crippen MR) is 97.5 cm³/mol. The minimum absolute atomic E-state index is 0.106. The van der Waals surface area contributed by atoms with Crippen LogP contribution in [0.1, 0.15) is 5.56 Å². The lowest BCUT2D eigenvalue weighted by Gasteiger charge is -2.08. The van der Waals surface area contributed by atoms with Crippen LogP contribution in [-0.4, -0.2) is 36.9 Å². The van der Waals surface area contributed by atoms with Crippen molar-refractivity contribution in [3.8, 4) is 5.69 Å². The maximum atomic E-state index is 12.1. The van der Waals surface area contributed by atoms with Crippen LogP contribution < -0.4 is 5.32 Å². The molecule has 0 bridgehead atoms. The molecular weight excluding hydrogens is 383 g/mol. The fraction of sp³-hybridized carbons (Fsp3) is 0.133. The van der Waals surface area contributed by atoms with Crippen molar-refractivity contribution in [1.29, 1.82) is 0 Å². The highest BCUT2D eigenvalue weighted by molar-refractivity contribution is 7.99. The summed E-state index contributed by atoms with van der Waals surface area (Å²) in [5.74, 6) is -0.140. The van der Waals surface area contributed by atoms with Gasteiger partial charge in [0.25, 0.3) is 0 Å². The molecule has 128 valence electrons. The van der Waals surface area contributed by atoms with Crippen molar-refractivity contribution < 1.29 is 4.79 Å². The molecule has 10 heteroatoms. The molecule has 0 radical (unpaired) electrons. The van der Waals surface area contributed by atoms with E-state index in [9.17, 15) is 4.79 Å². The number of thioether (sulfide) groups is 1. The number of benzene rings is 1. The van der Waals surface area contributed by atoms with Gasteiger partial charge in [0.1, 0.15) is 0 Å². The van der Waals surface area contributed by atoms with E-state index in [4.69, 9.17) is 23.2 Å². The number of aromatic nitrogens is 5. The lowest BCUT2D eigenvalue weighted by molar-refractivity contribution is -0.113. The van der Waals surface area contributed by atoms with E-state index in [2.05, 4.69) is 25.8 Å². The predicted octanol–water partition coefficient (Wildman–Crippen LogP) is 3.40. The van der Waals surface area contributed by atoms with E-state index in [1.54, 1.807) is 18.3 Å². The molecule has 3 aromatic rings. The molecule has 1 amide bonds. The van der Waals surface area contributed by atoms with Gasteiger partial charge < -0.3 is 5.32 Å². The third-order valence-electron chi connectivity index (χ3n) is 3.14.